The normalized spacial score (nSPS) is 11.0. The Morgan fingerprint density at radius 1 is 1.29 bits per heavy atom. The third-order valence-electron chi connectivity index (χ3n) is 2.85. The summed E-state index contributed by atoms with van der Waals surface area (Å²) in [5, 5.41) is 10.2. The fraction of sp³-hybridized carbons (Fsp3) is 0.308. The van der Waals surface area contributed by atoms with Gasteiger partial charge in [0.15, 0.2) is 5.82 Å². The van der Waals surface area contributed by atoms with Gasteiger partial charge in [-0.3, -0.25) is 10.9 Å². The molecule has 1 aromatic heterocycles. The zero-order valence-corrected chi connectivity index (χ0v) is 12.6. The van der Waals surface area contributed by atoms with E-state index < -0.39 is 12.4 Å². The number of carbonyl (C=O) groups is 1. The van der Waals surface area contributed by atoms with Crippen LogP contribution in [-0.2, 0) is 13.1 Å². The molecule has 8 nitrogen and oxygen atoms in total. The van der Waals surface area contributed by atoms with Gasteiger partial charge in [-0.05, 0) is 31.2 Å². The van der Waals surface area contributed by atoms with E-state index in [9.17, 15) is 18.0 Å². The van der Waals surface area contributed by atoms with Crippen molar-refractivity contribution in [2.24, 2.45) is 0 Å². The summed E-state index contributed by atoms with van der Waals surface area (Å²) in [6.45, 7) is 2.77. The van der Waals surface area contributed by atoms with E-state index in [0.29, 0.717) is 18.1 Å². The van der Waals surface area contributed by atoms with Crippen molar-refractivity contribution in [2.45, 2.75) is 26.4 Å². The maximum atomic E-state index is 12.0. The molecule has 2 rings (SSSR count). The van der Waals surface area contributed by atoms with E-state index in [1.807, 2.05) is 6.92 Å². The first-order chi connectivity index (χ1) is 11.4. The molecule has 0 aliphatic heterocycles. The first-order valence-electron chi connectivity index (χ1n) is 6.89. The van der Waals surface area contributed by atoms with Crippen molar-refractivity contribution < 1.29 is 22.7 Å². The third-order valence-corrected chi connectivity index (χ3v) is 2.85. The molecular weight excluding hydrogens is 329 g/mol. The molecule has 0 aliphatic rings. The SMILES string of the molecule is CCn1cnnc1CNC(=O)NNc1ccc(OC(F)(F)F)cc1. The Morgan fingerprint density at radius 2 is 2.00 bits per heavy atom. The highest BCUT2D eigenvalue weighted by Gasteiger charge is 2.30. The summed E-state index contributed by atoms with van der Waals surface area (Å²) in [6.07, 6.45) is -3.19. The first kappa shape index (κ1) is 17.4. The molecule has 0 fully saturated rings. The number of anilines is 1. The van der Waals surface area contributed by atoms with E-state index in [1.165, 1.54) is 12.1 Å². The Kier molecular flexibility index (Phi) is 5.45. The largest absolute Gasteiger partial charge is 0.573 e. The lowest BCUT2D eigenvalue weighted by Gasteiger charge is -2.11. The molecule has 2 amide bonds. The van der Waals surface area contributed by atoms with Gasteiger partial charge in [-0.2, -0.15) is 0 Å². The molecule has 130 valence electrons. The smallest absolute Gasteiger partial charge is 0.406 e. The number of rotatable bonds is 6. The third kappa shape index (κ3) is 5.34. The maximum absolute atomic E-state index is 12.0. The van der Waals surface area contributed by atoms with Crippen molar-refractivity contribution >= 4 is 11.7 Å². The van der Waals surface area contributed by atoms with Crippen LogP contribution in [0.15, 0.2) is 30.6 Å². The highest BCUT2D eigenvalue weighted by Crippen LogP contribution is 2.23. The number of amides is 2. The lowest BCUT2D eigenvalue weighted by molar-refractivity contribution is -0.274. The Hall–Kier alpha value is -2.98. The van der Waals surface area contributed by atoms with Gasteiger partial charge < -0.3 is 14.6 Å². The monoisotopic (exact) mass is 344 g/mol. The second kappa shape index (κ2) is 7.53. The molecule has 3 N–H and O–H groups in total. The van der Waals surface area contributed by atoms with Crippen molar-refractivity contribution in [1.82, 2.24) is 25.5 Å². The number of urea groups is 1. The number of alkyl halides is 3. The van der Waals surface area contributed by atoms with Crippen molar-refractivity contribution in [3.05, 3.63) is 36.4 Å². The van der Waals surface area contributed by atoms with Gasteiger partial charge in [0.25, 0.3) is 0 Å². The van der Waals surface area contributed by atoms with E-state index in [4.69, 9.17) is 0 Å². The molecule has 0 radical (unpaired) electrons. The minimum Gasteiger partial charge on any atom is -0.406 e. The van der Waals surface area contributed by atoms with Gasteiger partial charge in [-0.25, -0.2) is 4.79 Å². The summed E-state index contributed by atoms with van der Waals surface area (Å²) in [6, 6.07) is 4.37. The number of hydrazine groups is 1. The Bertz CT molecular complexity index is 671. The van der Waals surface area contributed by atoms with Gasteiger partial charge in [-0.15, -0.1) is 23.4 Å². The van der Waals surface area contributed by atoms with Gasteiger partial charge in [0.2, 0.25) is 0 Å². The van der Waals surface area contributed by atoms with Crippen LogP contribution in [0.5, 0.6) is 5.75 Å². The second-order valence-electron chi connectivity index (χ2n) is 4.54. The summed E-state index contributed by atoms with van der Waals surface area (Å²) in [5.41, 5.74) is 5.28. The Morgan fingerprint density at radius 3 is 2.62 bits per heavy atom. The van der Waals surface area contributed by atoms with Crippen LogP contribution in [-0.4, -0.2) is 27.2 Å². The summed E-state index contributed by atoms with van der Waals surface area (Å²) in [4.78, 5) is 11.7. The van der Waals surface area contributed by atoms with Gasteiger partial charge in [-0.1, -0.05) is 0 Å². The van der Waals surface area contributed by atoms with Crippen LogP contribution < -0.4 is 20.9 Å². The molecule has 0 saturated heterocycles. The molecule has 0 unspecified atom stereocenters. The number of nitrogens with one attached hydrogen (secondary N) is 3. The van der Waals surface area contributed by atoms with Crippen LogP contribution in [0, 0.1) is 0 Å². The minimum atomic E-state index is -4.74. The van der Waals surface area contributed by atoms with Crippen molar-refractivity contribution in [1.29, 1.82) is 0 Å². The average Bonchev–Trinajstić information content (AvgIpc) is 2.98. The number of benzene rings is 1. The van der Waals surface area contributed by atoms with Crippen LogP contribution >= 0.6 is 0 Å². The zero-order valence-electron chi connectivity index (χ0n) is 12.6. The predicted molar refractivity (Wildman–Crippen MR) is 77.8 cm³/mol. The van der Waals surface area contributed by atoms with Crippen LogP contribution in [0.4, 0.5) is 23.7 Å². The van der Waals surface area contributed by atoms with E-state index in [2.05, 4.69) is 31.1 Å². The molecule has 1 heterocycles. The first-order valence-corrected chi connectivity index (χ1v) is 6.89. The average molecular weight is 344 g/mol. The summed E-state index contributed by atoms with van der Waals surface area (Å²) >= 11 is 0. The lowest BCUT2D eigenvalue weighted by atomic mass is 10.3. The van der Waals surface area contributed by atoms with E-state index in [0.717, 1.165) is 12.1 Å². The minimum absolute atomic E-state index is 0.180. The lowest BCUT2D eigenvalue weighted by Crippen LogP contribution is -2.39. The molecular formula is C13H15F3N6O2. The number of carbonyl (C=O) groups excluding carboxylic acids is 1. The molecule has 0 bridgehead atoms. The van der Waals surface area contributed by atoms with Gasteiger partial charge in [0, 0.05) is 6.54 Å². The number of aromatic nitrogens is 3. The standard InChI is InChI=1S/C13H15F3N6O2/c1-2-22-8-18-20-11(22)7-17-12(23)21-19-9-3-5-10(6-4-9)24-13(14,15)16/h3-6,8,19H,2,7H2,1H3,(H2,17,21,23). The molecule has 1 aromatic carbocycles. The summed E-state index contributed by atoms with van der Waals surface area (Å²) in [5.74, 6) is 0.248. The molecule has 24 heavy (non-hydrogen) atoms. The molecule has 0 atom stereocenters. The Labute approximate surface area is 135 Å². The van der Waals surface area contributed by atoms with Gasteiger partial charge in [0.05, 0.1) is 12.2 Å². The number of hydrogen-bond acceptors (Lipinski definition) is 5. The molecule has 0 saturated carbocycles. The van der Waals surface area contributed by atoms with Crippen LogP contribution in [0.1, 0.15) is 12.7 Å². The Balaban J connectivity index is 1.77. The van der Waals surface area contributed by atoms with Crippen molar-refractivity contribution in [3.63, 3.8) is 0 Å². The molecule has 2 aromatic rings. The highest BCUT2D eigenvalue weighted by atomic mass is 19.4. The maximum Gasteiger partial charge on any atom is 0.573 e. The van der Waals surface area contributed by atoms with Crippen LogP contribution in [0.2, 0.25) is 0 Å². The van der Waals surface area contributed by atoms with E-state index in [-0.39, 0.29) is 12.3 Å². The zero-order chi connectivity index (χ0) is 17.6. The second-order valence-corrected chi connectivity index (χ2v) is 4.54. The van der Waals surface area contributed by atoms with E-state index in [1.54, 1.807) is 10.9 Å². The van der Waals surface area contributed by atoms with Gasteiger partial charge >= 0.3 is 12.4 Å². The highest BCUT2D eigenvalue weighted by molar-refractivity contribution is 5.75. The number of nitrogens with zero attached hydrogens (tertiary/aromatic N) is 3. The van der Waals surface area contributed by atoms with Gasteiger partial charge in [0.1, 0.15) is 12.1 Å². The predicted octanol–water partition coefficient (Wildman–Crippen LogP) is 2.02. The summed E-state index contributed by atoms with van der Waals surface area (Å²) in [7, 11) is 0. The summed E-state index contributed by atoms with van der Waals surface area (Å²) < 4.78 is 41.6. The van der Waals surface area contributed by atoms with Crippen LogP contribution in [0.25, 0.3) is 0 Å². The topological polar surface area (TPSA) is 93.1 Å². The molecule has 0 aliphatic carbocycles. The number of aryl methyl sites for hydroxylation is 1. The number of hydrogen-bond donors (Lipinski definition) is 3. The quantitative estimate of drug-likeness (QED) is 0.697. The molecule has 0 spiro atoms. The van der Waals surface area contributed by atoms with Crippen LogP contribution in [0.3, 0.4) is 0 Å². The van der Waals surface area contributed by atoms with Crippen molar-refractivity contribution in [2.75, 3.05) is 5.43 Å². The van der Waals surface area contributed by atoms with E-state index >= 15 is 0 Å². The molecule has 11 heteroatoms. The van der Waals surface area contributed by atoms with Crippen molar-refractivity contribution in [3.8, 4) is 5.75 Å². The fourth-order valence-electron chi connectivity index (χ4n) is 1.75. The number of ether oxygens (including phenoxy) is 1. The fourth-order valence-corrected chi connectivity index (χ4v) is 1.75. The number of halogens is 3.